The van der Waals surface area contributed by atoms with E-state index in [9.17, 15) is 4.79 Å². The average molecular weight is 377 g/mol. The number of rotatable bonds is 6. The van der Waals surface area contributed by atoms with Crippen molar-refractivity contribution in [3.8, 4) is 35.3 Å². The van der Waals surface area contributed by atoms with E-state index < -0.39 is 0 Å². The molecule has 142 valence electrons. The lowest BCUT2D eigenvalue weighted by Gasteiger charge is -2.14. The van der Waals surface area contributed by atoms with Crippen LogP contribution in [0.25, 0.3) is 10.9 Å². The molecule has 0 fully saturated rings. The third-order valence-electron chi connectivity index (χ3n) is 4.36. The summed E-state index contributed by atoms with van der Waals surface area (Å²) in [5.41, 5.74) is 1.84. The number of pyridine rings is 1. The van der Waals surface area contributed by atoms with Crippen LogP contribution in [0, 0.1) is 12.3 Å². The van der Waals surface area contributed by atoms with Crippen LogP contribution in [0.2, 0.25) is 0 Å². The smallest absolute Gasteiger partial charge is 0.211 e. The summed E-state index contributed by atoms with van der Waals surface area (Å²) in [7, 11) is 6.05. The van der Waals surface area contributed by atoms with Gasteiger partial charge in [0.2, 0.25) is 11.5 Å². The molecule has 3 aromatic rings. The van der Waals surface area contributed by atoms with Gasteiger partial charge < -0.3 is 18.9 Å². The summed E-state index contributed by atoms with van der Waals surface area (Å²) in [6.07, 6.45) is 5.61. The molecule has 2 aromatic carbocycles. The summed E-state index contributed by atoms with van der Waals surface area (Å²) in [6, 6.07) is 10.1. The standard InChI is InChI=1S/C22H19NO5/c1-6-14-15-7-8-17(23-16(15)9-10-18(14)25-2)21(24)13-11-19(26-3)22(28-5)20(12-13)27-4/h1,7-12H,2-5H3. The van der Waals surface area contributed by atoms with Gasteiger partial charge >= 0.3 is 0 Å². The topological polar surface area (TPSA) is 66.9 Å². The Morgan fingerprint density at radius 3 is 2.07 bits per heavy atom. The van der Waals surface area contributed by atoms with E-state index in [2.05, 4.69) is 10.9 Å². The van der Waals surface area contributed by atoms with E-state index in [4.69, 9.17) is 25.4 Å². The maximum absolute atomic E-state index is 13.0. The second-order valence-corrected chi connectivity index (χ2v) is 5.79. The first kappa shape index (κ1) is 19.1. The Bertz CT molecular complexity index is 1070. The van der Waals surface area contributed by atoms with E-state index in [1.54, 1.807) is 43.5 Å². The highest BCUT2D eigenvalue weighted by Gasteiger charge is 2.19. The molecule has 0 bridgehead atoms. The number of carbonyl (C=O) groups excluding carboxylic acids is 1. The number of benzene rings is 2. The molecule has 0 aliphatic rings. The highest BCUT2D eigenvalue weighted by Crippen LogP contribution is 2.38. The molecule has 0 aliphatic carbocycles. The molecule has 6 nitrogen and oxygen atoms in total. The molecule has 6 heteroatoms. The quantitative estimate of drug-likeness (QED) is 0.484. The molecule has 0 N–H and O–H groups in total. The van der Waals surface area contributed by atoms with Gasteiger partial charge in [0, 0.05) is 10.9 Å². The van der Waals surface area contributed by atoms with Gasteiger partial charge in [0.1, 0.15) is 11.4 Å². The van der Waals surface area contributed by atoms with Crippen molar-refractivity contribution in [1.29, 1.82) is 0 Å². The van der Waals surface area contributed by atoms with Gasteiger partial charge in [-0.05, 0) is 36.4 Å². The van der Waals surface area contributed by atoms with Crippen LogP contribution in [0.4, 0.5) is 0 Å². The van der Waals surface area contributed by atoms with Gasteiger partial charge in [-0.15, -0.1) is 6.42 Å². The molecule has 0 aliphatic heterocycles. The van der Waals surface area contributed by atoms with Crippen molar-refractivity contribution in [3.63, 3.8) is 0 Å². The maximum atomic E-state index is 13.0. The van der Waals surface area contributed by atoms with Gasteiger partial charge in [0.05, 0.1) is 39.5 Å². The predicted octanol–water partition coefficient (Wildman–Crippen LogP) is 3.48. The van der Waals surface area contributed by atoms with Crippen molar-refractivity contribution >= 4 is 16.7 Å². The molecule has 1 aromatic heterocycles. The second-order valence-electron chi connectivity index (χ2n) is 5.79. The lowest BCUT2D eigenvalue weighted by Crippen LogP contribution is -2.06. The molecule has 3 rings (SSSR count). The van der Waals surface area contributed by atoms with E-state index in [1.807, 2.05) is 0 Å². The lowest BCUT2D eigenvalue weighted by atomic mass is 10.0. The summed E-state index contributed by atoms with van der Waals surface area (Å²) >= 11 is 0. The van der Waals surface area contributed by atoms with Gasteiger partial charge in [0.15, 0.2) is 11.5 Å². The molecule has 0 saturated carbocycles. The Balaban J connectivity index is 2.10. The van der Waals surface area contributed by atoms with Crippen molar-refractivity contribution < 1.29 is 23.7 Å². The SMILES string of the molecule is C#Cc1c(OC)ccc2nc(C(=O)c3cc(OC)c(OC)c(OC)c3)ccc12. The van der Waals surface area contributed by atoms with Crippen LogP contribution < -0.4 is 18.9 Å². The van der Waals surface area contributed by atoms with E-state index in [1.165, 1.54) is 21.3 Å². The van der Waals surface area contributed by atoms with Gasteiger partial charge in [-0.25, -0.2) is 4.98 Å². The van der Waals surface area contributed by atoms with Crippen molar-refractivity contribution in [3.05, 3.63) is 53.2 Å². The first-order chi connectivity index (χ1) is 13.6. The fraction of sp³-hybridized carbons (Fsp3) is 0.182. The van der Waals surface area contributed by atoms with Crippen molar-refractivity contribution in [1.82, 2.24) is 4.98 Å². The number of ketones is 1. The summed E-state index contributed by atoms with van der Waals surface area (Å²) < 4.78 is 21.2. The normalized spacial score (nSPS) is 10.2. The molecule has 0 atom stereocenters. The van der Waals surface area contributed by atoms with Crippen LogP contribution in [0.15, 0.2) is 36.4 Å². The number of fused-ring (bicyclic) bond motifs is 1. The number of hydrogen-bond acceptors (Lipinski definition) is 6. The Labute approximate surface area is 163 Å². The molecular weight excluding hydrogens is 358 g/mol. The molecule has 0 radical (unpaired) electrons. The van der Waals surface area contributed by atoms with Gasteiger partial charge in [-0.2, -0.15) is 0 Å². The summed E-state index contributed by atoms with van der Waals surface area (Å²) in [4.78, 5) is 17.5. The summed E-state index contributed by atoms with van der Waals surface area (Å²) in [5.74, 6) is 4.12. The Kier molecular flexibility index (Phi) is 5.37. The number of nitrogens with zero attached hydrogens (tertiary/aromatic N) is 1. The van der Waals surface area contributed by atoms with E-state index in [-0.39, 0.29) is 11.5 Å². The monoisotopic (exact) mass is 377 g/mol. The highest BCUT2D eigenvalue weighted by atomic mass is 16.5. The Morgan fingerprint density at radius 1 is 0.893 bits per heavy atom. The van der Waals surface area contributed by atoms with Crippen LogP contribution in [0.3, 0.4) is 0 Å². The van der Waals surface area contributed by atoms with Crippen LogP contribution in [0.1, 0.15) is 21.6 Å². The number of ether oxygens (including phenoxy) is 4. The van der Waals surface area contributed by atoms with E-state index in [0.29, 0.717) is 39.6 Å². The summed E-state index contributed by atoms with van der Waals surface area (Å²) in [5, 5.41) is 0.739. The zero-order valence-electron chi connectivity index (χ0n) is 16.0. The van der Waals surface area contributed by atoms with Gasteiger partial charge in [-0.3, -0.25) is 4.79 Å². The van der Waals surface area contributed by atoms with Gasteiger partial charge in [-0.1, -0.05) is 5.92 Å². The third kappa shape index (κ3) is 3.19. The molecular formula is C22H19NO5. The van der Waals surface area contributed by atoms with E-state index in [0.717, 1.165) is 5.39 Å². The zero-order chi connectivity index (χ0) is 20.3. The van der Waals surface area contributed by atoms with Crippen molar-refractivity contribution in [2.45, 2.75) is 0 Å². The molecule has 0 spiro atoms. The van der Waals surface area contributed by atoms with Crippen LogP contribution in [0.5, 0.6) is 23.0 Å². The molecule has 0 amide bonds. The summed E-state index contributed by atoms with van der Waals surface area (Å²) in [6.45, 7) is 0. The Morgan fingerprint density at radius 2 is 1.54 bits per heavy atom. The second kappa shape index (κ2) is 7.89. The van der Waals surface area contributed by atoms with Crippen molar-refractivity contribution in [2.75, 3.05) is 28.4 Å². The number of hydrogen-bond donors (Lipinski definition) is 0. The molecule has 1 heterocycles. The van der Waals surface area contributed by atoms with Crippen molar-refractivity contribution in [2.24, 2.45) is 0 Å². The largest absolute Gasteiger partial charge is 0.495 e. The minimum atomic E-state index is -0.278. The minimum Gasteiger partial charge on any atom is -0.495 e. The maximum Gasteiger partial charge on any atom is 0.211 e. The van der Waals surface area contributed by atoms with Crippen LogP contribution in [-0.2, 0) is 0 Å². The number of terminal acetylenes is 1. The fourth-order valence-electron chi connectivity index (χ4n) is 2.99. The fourth-order valence-corrected chi connectivity index (χ4v) is 2.99. The number of aromatic nitrogens is 1. The highest BCUT2D eigenvalue weighted by molar-refractivity contribution is 6.09. The van der Waals surface area contributed by atoms with Crippen LogP contribution >= 0.6 is 0 Å². The Hall–Kier alpha value is -3.72. The molecule has 0 unspecified atom stereocenters. The lowest BCUT2D eigenvalue weighted by molar-refractivity contribution is 0.103. The average Bonchev–Trinajstić information content (AvgIpc) is 2.75. The zero-order valence-corrected chi connectivity index (χ0v) is 16.0. The van der Waals surface area contributed by atoms with Gasteiger partial charge in [0.25, 0.3) is 0 Å². The molecule has 28 heavy (non-hydrogen) atoms. The third-order valence-corrected chi connectivity index (χ3v) is 4.36. The number of methoxy groups -OCH3 is 4. The first-order valence-corrected chi connectivity index (χ1v) is 8.37. The van der Waals surface area contributed by atoms with Crippen LogP contribution in [-0.4, -0.2) is 39.2 Å². The predicted molar refractivity (Wildman–Crippen MR) is 106 cm³/mol. The molecule has 0 saturated heterocycles. The minimum absolute atomic E-state index is 0.273. The first-order valence-electron chi connectivity index (χ1n) is 8.37. The van der Waals surface area contributed by atoms with E-state index >= 15 is 0 Å². The number of carbonyl (C=O) groups is 1.